The van der Waals surface area contributed by atoms with E-state index in [1.807, 2.05) is 6.07 Å². The first-order valence-electron chi connectivity index (χ1n) is 5.50. The molecular formula is C13H11FN4. The topological polar surface area (TPSA) is 53.1 Å². The summed E-state index contributed by atoms with van der Waals surface area (Å²) >= 11 is 0. The van der Waals surface area contributed by atoms with E-state index in [1.54, 1.807) is 25.3 Å². The molecule has 0 amide bonds. The summed E-state index contributed by atoms with van der Waals surface area (Å²) in [6.07, 6.45) is 1.64. The largest absolute Gasteiger partial charge is 0.353 e. The van der Waals surface area contributed by atoms with Crippen LogP contribution in [0, 0.1) is 12.9 Å². The molecule has 0 saturated carbocycles. The van der Waals surface area contributed by atoms with Crippen molar-refractivity contribution in [3.05, 3.63) is 42.2 Å². The first kappa shape index (κ1) is 10.7. The van der Waals surface area contributed by atoms with Crippen LogP contribution in [0.4, 0.5) is 15.8 Å². The average molecular weight is 242 g/mol. The number of imidazole rings is 1. The molecule has 0 atom stereocenters. The van der Waals surface area contributed by atoms with Crippen LogP contribution in [0.3, 0.4) is 0 Å². The maximum Gasteiger partial charge on any atom is 0.218 e. The minimum Gasteiger partial charge on any atom is -0.353 e. The molecule has 0 spiro atoms. The molecule has 0 aliphatic carbocycles. The monoisotopic (exact) mass is 242 g/mol. The lowest BCUT2D eigenvalue weighted by atomic mass is 10.1. The highest BCUT2D eigenvalue weighted by Crippen LogP contribution is 2.33. The second-order valence-electron chi connectivity index (χ2n) is 4.13. The van der Waals surface area contributed by atoms with E-state index < -0.39 is 5.95 Å². The Labute approximate surface area is 103 Å². The predicted octanol–water partition coefficient (Wildman–Crippen LogP) is 3.17. The van der Waals surface area contributed by atoms with Crippen LogP contribution in [-0.2, 0) is 0 Å². The highest BCUT2D eigenvalue weighted by molar-refractivity contribution is 5.92. The van der Waals surface area contributed by atoms with E-state index in [-0.39, 0.29) is 0 Å². The first-order valence-corrected chi connectivity index (χ1v) is 5.50. The average Bonchev–Trinajstić information content (AvgIpc) is 2.68. The standard InChI is InChI=1S/C13H11FN4/c1-7-6-15-11-5-9(3-4-10(11)16-7)12-13(14)18-8(2)17-12/h3-6,16H,1H2,2H3,(H,17,18). The second kappa shape index (κ2) is 3.80. The van der Waals surface area contributed by atoms with Crippen molar-refractivity contribution in [1.29, 1.82) is 0 Å². The molecule has 1 aromatic heterocycles. The Bertz CT molecular complexity index is 670. The van der Waals surface area contributed by atoms with Gasteiger partial charge in [-0.1, -0.05) is 12.6 Å². The number of aromatic amines is 1. The smallest absolute Gasteiger partial charge is 0.218 e. The van der Waals surface area contributed by atoms with E-state index in [9.17, 15) is 4.39 Å². The van der Waals surface area contributed by atoms with Crippen molar-refractivity contribution in [1.82, 2.24) is 9.97 Å². The molecule has 0 fully saturated rings. The summed E-state index contributed by atoms with van der Waals surface area (Å²) in [5.41, 5.74) is 3.35. The molecule has 18 heavy (non-hydrogen) atoms. The van der Waals surface area contributed by atoms with Gasteiger partial charge in [0.05, 0.1) is 17.6 Å². The summed E-state index contributed by atoms with van der Waals surface area (Å²) in [6.45, 7) is 5.49. The lowest BCUT2D eigenvalue weighted by Crippen LogP contribution is -2.03. The van der Waals surface area contributed by atoms with Gasteiger partial charge in [-0.2, -0.15) is 4.39 Å². The molecule has 90 valence electrons. The van der Waals surface area contributed by atoms with Crippen LogP contribution in [-0.4, -0.2) is 16.2 Å². The summed E-state index contributed by atoms with van der Waals surface area (Å²) < 4.78 is 13.6. The Morgan fingerprint density at radius 2 is 2.17 bits per heavy atom. The summed E-state index contributed by atoms with van der Waals surface area (Å²) in [7, 11) is 0. The molecule has 5 heteroatoms. The van der Waals surface area contributed by atoms with E-state index in [0.717, 1.165) is 17.1 Å². The number of rotatable bonds is 1. The van der Waals surface area contributed by atoms with Gasteiger partial charge in [0.25, 0.3) is 0 Å². The number of fused-ring (bicyclic) bond motifs is 1. The van der Waals surface area contributed by atoms with Gasteiger partial charge in [0.1, 0.15) is 11.5 Å². The molecule has 1 aliphatic heterocycles. The summed E-state index contributed by atoms with van der Waals surface area (Å²) in [5.74, 6) is 0.125. The van der Waals surface area contributed by atoms with Crippen LogP contribution in [0.25, 0.3) is 11.3 Å². The van der Waals surface area contributed by atoms with Crippen molar-refractivity contribution in [2.45, 2.75) is 6.92 Å². The molecule has 0 saturated heterocycles. The first-order chi connectivity index (χ1) is 8.63. The number of halogens is 1. The Balaban J connectivity index is 2.09. The molecule has 2 N–H and O–H groups in total. The molecule has 3 rings (SSSR count). The second-order valence-corrected chi connectivity index (χ2v) is 4.13. The fourth-order valence-corrected chi connectivity index (χ4v) is 1.90. The highest BCUT2D eigenvalue weighted by Gasteiger charge is 2.13. The quantitative estimate of drug-likeness (QED) is 0.807. The lowest BCUT2D eigenvalue weighted by Gasteiger charge is -2.14. The summed E-state index contributed by atoms with van der Waals surface area (Å²) in [5, 5.41) is 3.09. The third-order valence-electron chi connectivity index (χ3n) is 2.70. The van der Waals surface area contributed by atoms with Crippen LogP contribution < -0.4 is 5.32 Å². The Morgan fingerprint density at radius 1 is 1.33 bits per heavy atom. The zero-order valence-electron chi connectivity index (χ0n) is 9.79. The van der Waals surface area contributed by atoms with Crippen LogP contribution in [0.15, 0.2) is 35.5 Å². The lowest BCUT2D eigenvalue weighted by molar-refractivity contribution is 0.592. The summed E-state index contributed by atoms with van der Waals surface area (Å²) in [6, 6.07) is 5.44. The number of hydrogen-bond donors (Lipinski definition) is 2. The number of nitrogens with one attached hydrogen (secondary N) is 2. The van der Waals surface area contributed by atoms with Gasteiger partial charge in [-0.15, -0.1) is 0 Å². The van der Waals surface area contributed by atoms with Crippen LogP contribution in [0.1, 0.15) is 5.82 Å². The van der Waals surface area contributed by atoms with Crippen LogP contribution in [0.2, 0.25) is 0 Å². The van der Waals surface area contributed by atoms with Gasteiger partial charge in [0, 0.05) is 11.3 Å². The number of nitrogens with zero attached hydrogens (tertiary/aromatic N) is 2. The molecule has 2 heterocycles. The van der Waals surface area contributed by atoms with Gasteiger partial charge < -0.3 is 10.3 Å². The van der Waals surface area contributed by atoms with Crippen molar-refractivity contribution >= 4 is 17.6 Å². The van der Waals surface area contributed by atoms with E-state index in [4.69, 9.17) is 0 Å². The number of hydrogen-bond acceptors (Lipinski definition) is 3. The number of anilines is 1. The number of H-pyrrole nitrogens is 1. The van der Waals surface area contributed by atoms with Crippen molar-refractivity contribution in [3.8, 4) is 11.3 Å². The van der Waals surface area contributed by atoms with Gasteiger partial charge in [-0.05, 0) is 19.1 Å². The van der Waals surface area contributed by atoms with E-state index in [2.05, 4.69) is 26.9 Å². The van der Waals surface area contributed by atoms with Gasteiger partial charge in [0.15, 0.2) is 0 Å². The third kappa shape index (κ3) is 1.69. The van der Waals surface area contributed by atoms with E-state index in [1.165, 1.54) is 0 Å². The number of aryl methyl sites for hydroxylation is 1. The molecule has 4 nitrogen and oxygen atoms in total. The fraction of sp³-hybridized carbons (Fsp3) is 0.0769. The van der Waals surface area contributed by atoms with E-state index in [0.29, 0.717) is 17.1 Å². The van der Waals surface area contributed by atoms with Crippen LogP contribution in [0.5, 0.6) is 0 Å². The number of allylic oxidation sites excluding steroid dienone is 1. The SMILES string of the molecule is C=C1C=Nc2cc(-c3nc(C)[nH]c3F)ccc2N1. The molecule has 0 unspecified atom stereocenters. The van der Waals surface area contributed by atoms with Crippen LogP contribution >= 0.6 is 0 Å². The van der Waals surface area contributed by atoms with Crippen molar-refractivity contribution in [2.24, 2.45) is 4.99 Å². The van der Waals surface area contributed by atoms with E-state index >= 15 is 0 Å². The van der Waals surface area contributed by atoms with Gasteiger partial charge in [-0.3, -0.25) is 4.99 Å². The molecule has 0 radical (unpaired) electrons. The predicted molar refractivity (Wildman–Crippen MR) is 69.6 cm³/mol. The van der Waals surface area contributed by atoms with Crippen molar-refractivity contribution in [2.75, 3.05) is 5.32 Å². The highest BCUT2D eigenvalue weighted by atomic mass is 19.1. The Kier molecular flexibility index (Phi) is 2.26. The van der Waals surface area contributed by atoms with Gasteiger partial charge in [-0.25, -0.2) is 4.98 Å². The minimum absolute atomic E-state index is 0.315. The number of aliphatic imine (C=N–C) groups is 1. The molecular weight excluding hydrogens is 231 g/mol. The molecule has 1 aliphatic rings. The Hall–Kier alpha value is -2.43. The molecule has 2 aromatic rings. The number of benzene rings is 1. The van der Waals surface area contributed by atoms with Gasteiger partial charge in [0.2, 0.25) is 5.95 Å². The van der Waals surface area contributed by atoms with Gasteiger partial charge >= 0.3 is 0 Å². The Morgan fingerprint density at radius 3 is 2.89 bits per heavy atom. The third-order valence-corrected chi connectivity index (χ3v) is 2.70. The zero-order valence-corrected chi connectivity index (χ0v) is 9.79. The van der Waals surface area contributed by atoms with Crippen molar-refractivity contribution < 1.29 is 4.39 Å². The number of aromatic nitrogens is 2. The van der Waals surface area contributed by atoms with Crippen molar-refractivity contribution in [3.63, 3.8) is 0 Å². The fourth-order valence-electron chi connectivity index (χ4n) is 1.90. The zero-order chi connectivity index (χ0) is 12.7. The molecule has 1 aromatic carbocycles. The summed E-state index contributed by atoms with van der Waals surface area (Å²) in [4.78, 5) is 10.9. The maximum absolute atomic E-state index is 13.6. The maximum atomic E-state index is 13.6. The minimum atomic E-state index is -0.426. The molecule has 0 bridgehead atoms. The normalized spacial score (nSPS) is 13.3.